The van der Waals surface area contributed by atoms with Gasteiger partial charge in [-0.25, -0.2) is 0 Å². The maximum Gasteiger partial charge on any atom is 0.196 e. The number of nitrogens with two attached hydrogens (primary N) is 1. The summed E-state index contributed by atoms with van der Waals surface area (Å²) in [5.74, 6) is 1.20. The quantitative estimate of drug-likeness (QED) is 0.838. The largest absolute Gasteiger partial charge is 0.390 e. The van der Waals surface area contributed by atoms with E-state index in [0.29, 0.717) is 16.8 Å². The number of hydrogen-bond acceptors (Lipinski definition) is 3. The van der Waals surface area contributed by atoms with Crippen molar-refractivity contribution < 1.29 is 4.79 Å². The van der Waals surface area contributed by atoms with Gasteiger partial charge in [-0.1, -0.05) is 44.2 Å². The van der Waals surface area contributed by atoms with E-state index in [-0.39, 0.29) is 5.78 Å². The summed E-state index contributed by atoms with van der Waals surface area (Å²) < 4.78 is 0. The standard InChI is InChI=1S/C17H19NOS/c1-10-8-11(2)16-13(9-10)14(17(18)20-16)15(19)12-6-4-3-5-7-12/h3-7,10-11H,8-9,18H2,1-2H3. The lowest BCUT2D eigenvalue weighted by Gasteiger charge is -2.24. The molecule has 0 fully saturated rings. The van der Waals surface area contributed by atoms with Gasteiger partial charge < -0.3 is 5.73 Å². The van der Waals surface area contributed by atoms with E-state index in [2.05, 4.69) is 13.8 Å². The van der Waals surface area contributed by atoms with Crippen LogP contribution in [0.4, 0.5) is 5.00 Å². The summed E-state index contributed by atoms with van der Waals surface area (Å²) in [5, 5.41) is 0.685. The minimum absolute atomic E-state index is 0.0712. The minimum atomic E-state index is 0.0712. The van der Waals surface area contributed by atoms with E-state index < -0.39 is 0 Å². The second-order valence-corrected chi connectivity index (χ2v) is 6.91. The Balaban J connectivity index is 2.09. The number of anilines is 1. The van der Waals surface area contributed by atoms with Crippen molar-refractivity contribution in [2.75, 3.05) is 5.73 Å². The topological polar surface area (TPSA) is 43.1 Å². The van der Waals surface area contributed by atoms with E-state index >= 15 is 0 Å². The molecule has 3 rings (SSSR count). The molecule has 2 nitrogen and oxygen atoms in total. The van der Waals surface area contributed by atoms with Gasteiger partial charge in [-0.05, 0) is 30.2 Å². The number of nitrogen functional groups attached to an aromatic ring is 1. The minimum Gasteiger partial charge on any atom is -0.390 e. The lowest BCUT2D eigenvalue weighted by Crippen LogP contribution is -2.16. The number of carbonyl (C=O) groups excluding carboxylic acids is 1. The third kappa shape index (κ3) is 2.16. The van der Waals surface area contributed by atoms with Crippen LogP contribution in [0.25, 0.3) is 0 Å². The van der Waals surface area contributed by atoms with Crippen LogP contribution < -0.4 is 5.73 Å². The number of benzene rings is 1. The highest BCUT2D eigenvalue weighted by molar-refractivity contribution is 7.16. The summed E-state index contributed by atoms with van der Waals surface area (Å²) in [7, 11) is 0. The first-order valence-electron chi connectivity index (χ1n) is 7.08. The molecule has 1 aliphatic rings. The van der Waals surface area contributed by atoms with Crippen LogP contribution in [0.5, 0.6) is 0 Å². The molecule has 0 bridgehead atoms. The molecule has 2 aromatic rings. The normalized spacial score (nSPS) is 21.5. The van der Waals surface area contributed by atoms with E-state index in [4.69, 9.17) is 5.73 Å². The SMILES string of the molecule is CC1Cc2c(sc(N)c2C(=O)c2ccccc2)C(C)C1. The van der Waals surface area contributed by atoms with Crippen molar-refractivity contribution in [3.63, 3.8) is 0 Å². The Morgan fingerprint density at radius 2 is 1.95 bits per heavy atom. The molecule has 1 aromatic carbocycles. The Morgan fingerprint density at radius 1 is 1.25 bits per heavy atom. The van der Waals surface area contributed by atoms with Crippen molar-refractivity contribution in [3.8, 4) is 0 Å². The molecule has 20 heavy (non-hydrogen) atoms. The third-order valence-electron chi connectivity index (χ3n) is 4.08. The van der Waals surface area contributed by atoms with E-state index in [1.165, 1.54) is 16.9 Å². The van der Waals surface area contributed by atoms with Crippen molar-refractivity contribution >= 4 is 22.1 Å². The van der Waals surface area contributed by atoms with Gasteiger partial charge in [-0.3, -0.25) is 4.79 Å². The average molecular weight is 285 g/mol. The molecule has 0 saturated carbocycles. The zero-order valence-corrected chi connectivity index (χ0v) is 12.7. The predicted molar refractivity (Wildman–Crippen MR) is 84.5 cm³/mol. The molecule has 1 heterocycles. The molecule has 1 aliphatic carbocycles. The number of carbonyl (C=O) groups is 1. The monoisotopic (exact) mass is 285 g/mol. The Morgan fingerprint density at radius 3 is 2.65 bits per heavy atom. The van der Waals surface area contributed by atoms with Gasteiger partial charge in [0.15, 0.2) is 5.78 Å². The van der Waals surface area contributed by atoms with Crippen LogP contribution in [0.3, 0.4) is 0 Å². The number of thiophene rings is 1. The molecular weight excluding hydrogens is 266 g/mol. The molecule has 3 heteroatoms. The zero-order valence-electron chi connectivity index (χ0n) is 11.8. The summed E-state index contributed by atoms with van der Waals surface area (Å²) in [4.78, 5) is 14.1. The highest BCUT2D eigenvalue weighted by Gasteiger charge is 2.30. The lowest BCUT2D eigenvalue weighted by molar-refractivity contribution is 0.103. The van der Waals surface area contributed by atoms with Crippen molar-refractivity contribution in [2.45, 2.75) is 32.6 Å². The highest BCUT2D eigenvalue weighted by atomic mass is 32.1. The van der Waals surface area contributed by atoms with Crippen molar-refractivity contribution in [1.29, 1.82) is 0 Å². The molecule has 0 amide bonds. The van der Waals surface area contributed by atoms with Gasteiger partial charge in [0.1, 0.15) is 0 Å². The number of rotatable bonds is 2. The van der Waals surface area contributed by atoms with E-state index in [0.717, 1.165) is 17.5 Å². The van der Waals surface area contributed by atoms with Gasteiger partial charge in [-0.2, -0.15) is 0 Å². The summed E-state index contributed by atoms with van der Waals surface area (Å²) in [6.45, 7) is 4.49. The molecule has 2 N–H and O–H groups in total. The van der Waals surface area contributed by atoms with Gasteiger partial charge in [0.25, 0.3) is 0 Å². The molecule has 0 radical (unpaired) electrons. The first-order chi connectivity index (χ1) is 9.58. The van der Waals surface area contributed by atoms with Crippen LogP contribution in [-0.2, 0) is 6.42 Å². The van der Waals surface area contributed by atoms with Gasteiger partial charge in [-0.15, -0.1) is 11.3 Å². The van der Waals surface area contributed by atoms with Crippen LogP contribution in [0.2, 0.25) is 0 Å². The number of ketones is 1. The average Bonchev–Trinajstić information content (AvgIpc) is 2.76. The Labute approximate surface area is 123 Å². The van der Waals surface area contributed by atoms with Crippen LogP contribution in [0, 0.1) is 5.92 Å². The second kappa shape index (κ2) is 5.06. The number of hydrogen-bond donors (Lipinski definition) is 1. The van der Waals surface area contributed by atoms with Crippen LogP contribution in [0.1, 0.15) is 52.5 Å². The Bertz CT molecular complexity index is 645. The summed E-state index contributed by atoms with van der Waals surface area (Å²) in [5.41, 5.74) is 8.85. The fourth-order valence-corrected chi connectivity index (χ4v) is 4.39. The molecule has 1 aromatic heterocycles. The fraction of sp³-hybridized carbons (Fsp3) is 0.353. The van der Waals surface area contributed by atoms with Gasteiger partial charge >= 0.3 is 0 Å². The van der Waals surface area contributed by atoms with Crippen molar-refractivity contribution in [2.24, 2.45) is 5.92 Å². The maximum absolute atomic E-state index is 12.7. The first-order valence-corrected chi connectivity index (χ1v) is 7.90. The summed E-state index contributed by atoms with van der Waals surface area (Å²) in [6, 6.07) is 9.44. The van der Waals surface area contributed by atoms with E-state index in [1.54, 1.807) is 11.3 Å². The van der Waals surface area contributed by atoms with E-state index in [9.17, 15) is 4.79 Å². The smallest absolute Gasteiger partial charge is 0.196 e. The van der Waals surface area contributed by atoms with Crippen LogP contribution in [-0.4, -0.2) is 5.78 Å². The van der Waals surface area contributed by atoms with E-state index in [1.807, 2.05) is 30.3 Å². The van der Waals surface area contributed by atoms with Gasteiger partial charge in [0.05, 0.1) is 10.6 Å². The Kier molecular flexibility index (Phi) is 3.38. The zero-order chi connectivity index (χ0) is 14.3. The first kappa shape index (κ1) is 13.4. The van der Waals surface area contributed by atoms with Crippen LogP contribution >= 0.6 is 11.3 Å². The fourth-order valence-electron chi connectivity index (χ4n) is 3.23. The molecule has 104 valence electrons. The molecule has 0 saturated heterocycles. The van der Waals surface area contributed by atoms with Crippen LogP contribution in [0.15, 0.2) is 30.3 Å². The summed E-state index contributed by atoms with van der Waals surface area (Å²) >= 11 is 1.61. The maximum atomic E-state index is 12.7. The van der Waals surface area contributed by atoms with Crippen molar-refractivity contribution in [3.05, 3.63) is 51.9 Å². The van der Waals surface area contributed by atoms with Gasteiger partial charge in [0.2, 0.25) is 0 Å². The second-order valence-electron chi connectivity index (χ2n) is 5.83. The lowest BCUT2D eigenvalue weighted by atomic mass is 9.81. The molecule has 0 spiro atoms. The Hall–Kier alpha value is -1.61. The molecule has 0 aliphatic heterocycles. The van der Waals surface area contributed by atoms with Gasteiger partial charge in [0, 0.05) is 10.4 Å². The molecule has 2 atom stereocenters. The predicted octanol–water partition coefficient (Wildman–Crippen LogP) is 4.25. The summed E-state index contributed by atoms with van der Waals surface area (Å²) in [6.07, 6.45) is 2.16. The van der Waals surface area contributed by atoms with Crippen molar-refractivity contribution in [1.82, 2.24) is 0 Å². The number of fused-ring (bicyclic) bond motifs is 1. The molecule has 2 unspecified atom stereocenters. The molecular formula is C17H19NOS. The third-order valence-corrected chi connectivity index (χ3v) is 5.38. The highest BCUT2D eigenvalue weighted by Crippen LogP contribution is 2.44.